The molecule has 1 N–H and O–H groups in total. The summed E-state index contributed by atoms with van der Waals surface area (Å²) in [4.78, 5) is 7.30. The van der Waals surface area contributed by atoms with E-state index in [-0.39, 0.29) is 12.4 Å². The Morgan fingerprint density at radius 1 is 1.26 bits per heavy atom. The summed E-state index contributed by atoms with van der Waals surface area (Å²) < 4.78 is 3.56. The molecule has 0 bridgehead atoms. The smallest absolute Gasteiger partial charge is 0.122 e. The van der Waals surface area contributed by atoms with Gasteiger partial charge in [-0.15, -0.1) is 23.7 Å². The van der Waals surface area contributed by atoms with Crippen molar-refractivity contribution in [1.29, 1.82) is 0 Å². The lowest BCUT2D eigenvalue weighted by Gasteiger charge is -2.29. The number of aryl methyl sites for hydroxylation is 1. The zero-order valence-corrected chi connectivity index (χ0v) is 17.4. The van der Waals surface area contributed by atoms with Crippen molar-refractivity contribution in [2.24, 2.45) is 12.5 Å². The van der Waals surface area contributed by atoms with Crippen molar-refractivity contribution in [3.63, 3.8) is 0 Å². The Labute approximate surface area is 171 Å². The number of hydrogen-bond acceptors (Lipinski definition) is 4. The molecule has 1 spiro atoms. The van der Waals surface area contributed by atoms with E-state index >= 15 is 0 Å². The first kappa shape index (κ1) is 18.9. The maximum absolute atomic E-state index is 4.60. The standard InChI is InChI=1S/C21H26N4S.ClH/c1-24-11-10-23-20(24)14-25(19-12-21(19)6-8-22-9-7-21)13-16-15-26-18-5-3-2-4-17(16)18;/h2-5,10-11,15,19,22H,6-9,12-14H2,1H3;1H. The van der Waals surface area contributed by atoms with Crippen molar-refractivity contribution in [2.45, 2.75) is 38.4 Å². The van der Waals surface area contributed by atoms with Gasteiger partial charge >= 0.3 is 0 Å². The van der Waals surface area contributed by atoms with Crippen LogP contribution in [0.5, 0.6) is 0 Å². The number of imidazole rings is 1. The number of benzene rings is 1. The number of hydrogen-bond donors (Lipinski definition) is 1. The van der Waals surface area contributed by atoms with Gasteiger partial charge in [-0.05, 0) is 60.2 Å². The van der Waals surface area contributed by atoms with E-state index in [2.05, 4.69) is 62.7 Å². The summed E-state index contributed by atoms with van der Waals surface area (Å²) in [5.41, 5.74) is 2.01. The predicted octanol–water partition coefficient (Wildman–Crippen LogP) is 4.20. The Kier molecular flexibility index (Phi) is 5.30. The van der Waals surface area contributed by atoms with Crippen LogP contribution < -0.4 is 5.32 Å². The summed E-state index contributed by atoms with van der Waals surface area (Å²) in [5, 5.41) is 7.30. The second-order valence-electron chi connectivity index (χ2n) is 7.95. The summed E-state index contributed by atoms with van der Waals surface area (Å²) in [6.45, 7) is 4.31. The lowest BCUT2D eigenvalue weighted by molar-refractivity contribution is 0.183. The molecule has 144 valence electrons. The number of aromatic nitrogens is 2. The molecule has 5 rings (SSSR count). The highest BCUT2D eigenvalue weighted by Gasteiger charge is 2.56. The number of thiophene rings is 1. The molecule has 1 unspecified atom stereocenters. The van der Waals surface area contributed by atoms with E-state index in [0.717, 1.165) is 13.1 Å². The summed E-state index contributed by atoms with van der Waals surface area (Å²) in [7, 11) is 2.10. The van der Waals surface area contributed by atoms with Crippen LogP contribution in [0, 0.1) is 5.41 Å². The van der Waals surface area contributed by atoms with Crippen LogP contribution in [0.2, 0.25) is 0 Å². The summed E-state index contributed by atoms with van der Waals surface area (Å²) >= 11 is 1.87. The van der Waals surface area contributed by atoms with Gasteiger partial charge in [-0.3, -0.25) is 4.90 Å². The first-order valence-corrected chi connectivity index (χ1v) is 10.5. The van der Waals surface area contributed by atoms with Crippen molar-refractivity contribution < 1.29 is 0 Å². The normalized spacial score (nSPS) is 20.9. The third kappa shape index (κ3) is 3.54. The maximum atomic E-state index is 4.60. The summed E-state index contributed by atoms with van der Waals surface area (Å²) in [6, 6.07) is 9.50. The van der Waals surface area contributed by atoms with E-state index in [1.807, 2.05) is 17.5 Å². The van der Waals surface area contributed by atoms with Crippen LogP contribution in [0.4, 0.5) is 0 Å². The van der Waals surface area contributed by atoms with Gasteiger partial charge in [0.2, 0.25) is 0 Å². The highest BCUT2D eigenvalue weighted by Crippen LogP contribution is 2.56. The Morgan fingerprint density at radius 2 is 2.07 bits per heavy atom. The number of piperidine rings is 1. The lowest BCUT2D eigenvalue weighted by Crippen LogP contribution is -2.36. The average Bonchev–Trinajstić information content (AvgIpc) is 3.00. The van der Waals surface area contributed by atoms with Crippen molar-refractivity contribution in [2.75, 3.05) is 13.1 Å². The Bertz CT molecular complexity index is 912. The fourth-order valence-electron chi connectivity index (χ4n) is 4.69. The number of fused-ring (bicyclic) bond motifs is 1. The van der Waals surface area contributed by atoms with Crippen LogP contribution in [0.1, 0.15) is 30.7 Å². The van der Waals surface area contributed by atoms with E-state index < -0.39 is 0 Å². The van der Waals surface area contributed by atoms with E-state index in [1.54, 1.807) is 0 Å². The molecule has 2 aliphatic rings. The highest BCUT2D eigenvalue weighted by molar-refractivity contribution is 7.17. The second kappa shape index (κ2) is 7.55. The van der Waals surface area contributed by atoms with Crippen molar-refractivity contribution in [3.05, 3.63) is 53.4 Å². The SMILES string of the molecule is Cl.Cn1ccnc1CN(Cc1csc2ccccc12)C1CC12CCNCC2. The number of nitrogens with zero attached hydrogens (tertiary/aromatic N) is 3. The van der Waals surface area contributed by atoms with Crippen molar-refractivity contribution >= 4 is 33.8 Å². The maximum Gasteiger partial charge on any atom is 0.122 e. The minimum absolute atomic E-state index is 0. The monoisotopic (exact) mass is 402 g/mol. The van der Waals surface area contributed by atoms with Gasteiger partial charge in [0.25, 0.3) is 0 Å². The molecule has 2 aromatic heterocycles. The molecule has 3 heterocycles. The Morgan fingerprint density at radius 3 is 2.85 bits per heavy atom. The zero-order chi connectivity index (χ0) is 17.6. The average molecular weight is 403 g/mol. The molecule has 1 saturated heterocycles. The molecule has 0 amide bonds. The second-order valence-corrected chi connectivity index (χ2v) is 8.86. The van der Waals surface area contributed by atoms with E-state index in [0.29, 0.717) is 11.5 Å². The third-order valence-electron chi connectivity index (χ3n) is 6.39. The number of nitrogens with one attached hydrogen (secondary N) is 1. The predicted molar refractivity (Wildman–Crippen MR) is 114 cm³/mol. The molecule has 1 aliphatic carbocycles. The van der Waals surface area contributed by atoms with E-state index in [9.17, 15) is 0 Å². The number of halogens is 1. The molecule has 1 aromatic carbocycles. The summed E-state index contributed by atoms with van der Waals surface area (Å²) in [5.74, 6) is 1.17. The first-order valence-electron chi connectivity index (χ1n) is 9.61. The van der Waals surface area contributed by atoms with Gasteiger partial charge in [-0.25, -0.2) is 4.98 Å². The van der Waals surface area contributed by atoms with Crippen LogP contribution in [0.3, 0.4) is 0 Å². The molecule has 1 atom stereocenters. The zero-order valence-electron chi connectivity index (χ0n) is 15.7. The van der Waals surface area contributed by atoms with Crippen molar-refractivity contribution in [3.8, 4) is 0 Å². The van der Waals surface area contributed by atoms with Gasteiger partial charge < -0.3 is 9.88 Å². The third-order valence-corrected chi connectivity index (χ3v) is 7.40. The molecule has 2 fully saturated rings. The quantitative estimate of drug-likeness (QED) is 0.694. The Hall–Kier alpha value is -1.40. The van der Waals surface area contributed by atoms with Gasteiger partial charge in [0.05, 0.1) is 6.54 Å². The van der Waals surface area contributed by atoms with Crippen molar-refractivity contribution in [1.82, 2.24) is 19.8 Å². The minimum Gasteiger partial charge on any atom is -0.337 e. The lowest BCUT2D eigenvalue weighted by atomic mass is 9.93. The van der Waals surface area contributed by atoms with E-state index in [1.165, 1.54) is 53.8 Å². The molecule has 6 heteroatoms. The largest absolute Gasteiger partial charge is 0.337 e. The van der Waals surface area contributed by atoms with Gasteiger partial charge in [-0.2, -0.15) is 0 Å². The van der Waals surface area contributed by atoms with Crippen LogP contribution in [-0.4, -0.2) is 33.6 Å². The fourth-order valence-corrected chi connectivity index (χ4v) is 5.64. The van der Waals surface area contributed by atoms with Gasteiger partial charge in [0.1, 0.15) is 5.82 Å². The van der Waals surface area contributed by atoms with E-state index in [4.69, 9.17) is 0 Å². The van der Waals surface area contributed by atoms with Gasteiger partial charge in [0.15, 0.2) is 0 Å². The molecule has 27 heavy (non-hydrogen) atoms. The molecular weight excluding hydrogens is 376 g/mol. The van der Waals surface area contributed by atoms with Crippen LogP contribution in [0.25, 0.3) is 10.1 Å². The molecule has 3 aromatic rings. The van der Waals surface area contributed by atoms with Gasteiger partial charge in [0, 0.05) is 36.7 Å². The molecule has 0 radical (unpaired) electrons. The minimum atomic E-state index is 0. The van der Waals surface area contributed by atoms with Gasteiger partial charge in [-0.1, -0.05) is 18.2 Å². The molecule has 4 nitrogen and oxygen atoms in total. The van der Waals surface area contributed by atoms with Crippen LogP contribution in [0.15, 0.2) is 42.0 Å². The molecule has 1 aliphatic heterocycles. The first-order chi connectivity index (χ1) is 12.8. The number of rotatable bonds is 5. The Balaban J connectivity index is 0.00000180. The summed E-state index contributed by atoms with van der Waals surface area (Å²) in [6.07, 6.45) is 7.96. The molecular formula is C21H27ClN4S. The van der Waals surface area contributed by atoms with Crippen LogP contribution in [-0.2, 0) is 20.1 Å². The van der Waals surface area contributed by atoms with Crippen LogP contribution >= 0.6 is 23.7 Å². The topological polar surface area (TPSA) is 33.1 Å². The highest BCUT2D eigenvalue weighted by atomic mass is 35.5. The fraction of sp³-hybridized carbons (Fsp3) is 0.476. The molecule has 1 saturated carbocycles.